The van der Waals surface area contributed by atoms with Gasteiger partial charge < -0.3 is 9.84 Å². The summed E-state index contributed by atoms with van der Waals surface area (Å²) in [4.78, 5) is 22.3. The average molecular weight is 245 g/mol. The molecular formula is C12H23NO4. The highest BCUT2D eigenvalue weighted by molar-refractivity contribution is 5.74. The lowest BCUT2D eigenvalue weighted by atomic mass is 9.99. The van der Waals surface area contributed by atoms with E-state index in [1.54, 1.807) is 41.5 Å². The van der Waals surface area contributed by atoms with E-state index in [2.05, 4.69) is 5.32 Å². The van der Waals surface area contributed by atoms with Crippen molar-refractivity contribution >= 4 is 11.9 Å². The predicted molar refractivity (Wildman–Crippen MR) is 64.8 cm³/mol. The highest BCUT2D eigenvalue weighted by atomic mass is 16.6. The van der Waals surface area contributed by atoms with Gasteiger partial charge in [-0.2, -0.15) is 0 Å². The van der Waals surface area contributed by atoms with Gasteiger partial charge in [-0.1, -0.05) is 0 Å². The van der Waals surface area contributed by atoms with Crippen LogP contribution >= 0.6 is 0 Å². The molecule has 100 valence electrons. The van der Waals surface area contributed by atoms with Crippen LogP contribution in [0.3, 0.4) is 0 Å². The van der Waals surface area contributed by atoms with Crippen molar-refractivity contribution in [2.24, 2.45) is 0 Å². The second-order valence-corrected chi connectivity index (χ2v) is 5.85. The summed E-state index contributed by atoms with van der Waals surface area (Å²) in [6, 6.07) is -0.701. The van der Waals surface area contributed by atoms with E-state index in [4.69, 9.17) is 9.84 Å². The van der Waals surface area contributed by atoms with Gasteiger partial charge in [0, 0.05) is 5.54 Å². The van der Waals surface area contributed by atoms with Crippen LogP contribution in [0.5, 0.6) is 0 Å². The maximum atomic E-state index is 11.6. The fourth-order valence-corrected chi connectivity index (χ4v) is 1.44. The molecular weight excluding hydrogens is 222 g/mol. The number of carboxylic acid groups (broad SMARTS) is 1. The predicted octanol–water partition coefficient (Wildman–Crippen LogP) is 1.56. The minimum absolute atomic E-state index is 0.127. The van der Waals surface area contributed by atoms with Crippen LogP contribution < -0.4 is 5.32 Å². The van der Waals surface area contributed by atoms with Crippen molar-refractivity contribution in [1.82, 2.24) is 5.32 Å². The summed E-state index contributed by atoms with van der Waals surface area (Å²) in [6.07, 6.45) is 0.127. The highest BCUT2D eigenvalue weighted by Crippen LogP contribution is 2.15. The molecule has 0 aliphatic rings. The van der Waals surface area contributed by atoms with E-state index in [-0.39, 0.29) is 12.4 Å². The van der Waals surface area contributed by atoms with Gasteiger partial charge in [0.2, 0.25) is 0 Å². The van der Waals surface area contributed by atoms with Crippen molar-refractivity contribution in [3.63, 3.8) is 0 Å². The van der Waals surface area contributed by atoms with Gasteiger partial charge in [0.25, 0.3) is 0 Å². The zero-order chi connectivity index (χ0) is 13.9. The molecule has 0 radical (unpaired) electrons. The average Bonchev–Trinajstić information content (AvgIpc) is 1.96. The number of nitrogens with one attached hydrogen (secondary N) is 1. The van der Waals surface area contributed by atoms with Gasteiger partial charge in [0.05, 0.1) is 6.42 Å². The molecule has 0 fully saturated rings. The minimum atomic E-state index is -0.942. The topological polar surface area (TPSA) is 75.6 Å². The molecule has 1 unspecified atom stereocenters. The largest absolute Gasteiger partial charge is 0.480 e. The van der Waals surface area contributed by atoms with Crippen molar-refractivity contribution in [2.75, 3.05) is 0 Å². The van der Waals surface area contributed by atoms with Crippen LogP contribution in [-0.4, -0.2) is 34.2 Å². The summed E-state index contributed by atoms with van der Waals surface area (Å²) < 4.78 is 5.19. The van der Waals surface area contributed by atoms with Crippen LogP contribution in [-0.2, 0) is 14.3 Å². The normalized spacial score (nSPS) is 14.2. The molecule has 0 bridgehead atoms. The first-order valence-electron chi connectivity index (χ1n) is 5.65. The summed E-state index contributed by atoms with van der Waals surface area (Å²) >= 11 is 0. The summed E-state index contributed by atoms with van der Waals surface area (Å²) in [5.41, 5.74) is -1.13. The molecule has 0 aliphatic heterocycles. The number of hydrogen-bond donors (Lipinski definition) is 2. The van der Waals surface area contributed by atoms with Crippen molar-refractivity contribution in [1.29, 1.82) is 0 Å². The molecule has 0 heterocycles. The Balaban J connectivity index is 4.35. The number of carbonyl (C=O) groups is 2. The van der Waals surface area contributed by atoms with Gasteiger partial charge in [0.15, 0.2) is 0 Å². The number of aliphatic carboxylic acids is 1. The zero-order valence-electron chi connectivity index (χ0n) is 11.5. The molecule has 1 atom stereocenters. The number of esters is 1. The van der Waals surface area contributed by atoms with Crippen LogP contribution in [0.1, 0.15) is 48.0 Å². The van der Waals surface area contributed by atoms with E-state index in [9.17, 15) is 9.59 Å². The Morgan fingerprint density at radius 1 is 1.24 bits per heavy atom. The quantitative estimate of drug-likeness (QED) is 0.719. The highest BCUT2D eigenvalue weighted by Gasteiger charge is 2.28. The molecule has 0 aromatic carbocycles. The van der Waals surface area contributed by atoms with E-state index < -0.39 is 23.2 Å². The first-order chi connectivity index (χ1) is 7.43. The smallest absolute Gasteiger partial charge is 0.320 e. The lowest BCUT2D eigenvalue weighted by Crippen LogP contribution is -2.49. The third-order valence-corrected chi connectivity index (χ3v) is 1.98. The zero-order valence-corrected chi connectivity index (χ0v) is 11.5. The van der Waals surface area contributed by atoms with Gasteiger partial charge in [-0.3, -0.25) is 14.9 Å². The molecule has 5 nitrogen and oxygen atoms in total. The standard InChI is InChI=1S/C12H23NO4/c1-8(10(15)16)13-12(5,6)7-9(14)17-11(2,3)4/h8,13H,7H2,1-6H3,(H,15,16). The minimum Gasteiger partial charge on any atom is -0.480 e. The lowest BCUT2D eigenvalue weighted by molar-refractivity contribution is -0.157. The third-order valence-electron chi connectivity index (χ3n) is 1.98. The Hall–Kier alpha value is -1.10. The molecule has 0 spiro atoms. The van der Waals surface area contributed by atoms with Crippen molar-refractivity contribution < 1.29 is 19.4 Å². The van der Waals surface area contributed by atoms with E-state index in [0.29, 0.717) is 0 Å². The molecule has 0 aliphatic carbocycles. The van der Waals surface area contributed by atoms with E-state index >= 15 is 0 Å². The summed E-state index contributed by atoms with van der Waals surface area (Å²) in [5.74, 6) is -1.28. The molecule has 17 heavy (non-hydrogen) atoms. The van der Waals surface area contributed by atoms with Crippen LogP contribution in [0.15, 0.2) is 0 Å². The van der Waals surface area contributed by atoms with Gasteiger partial charge in [-0.05, 0) is 41.5 Å². The van der Waals surface area contributed by atoms with Crippen LogP contribution in [0.2, 0.25) is 0 Å². The van der Waals surface area contributed by atoms with E-state index in [1.165, 1.54) is 0 Å². The fourth-order valence-electron chi connectivity index (χ4n) is 1.44. The molecule has 2 N–H and O–H groups in total. The SMILES string of the molecule is CC(NC(C)(C)CC(=O)OC(C)(C)C)C(=O)O. The second kappa shape index (κ2) is 5.49. The van der Waals surface area contributed by atoms with Crippen molar-refractivity contribution in [3.8, 4) is 0 Å². The van der Waals surface area contributed by atoms with Crippen LogP contribution in [0.4, 0.5) is 0 Å². The summed E-state index contributed by atoms with van der Waals surface area (Å²) in [7, 11) is 0. The van der Waals surface area contributed by atoms with Crippen LogP contribution in [0.25, 0.3) is 0 Å². The molecule has 0 amide bonds. The van der Waals surface area contributed by atoms with Gasteiger partial charge in [-0.15, -0.1) is 0 Å². The number of carboxylic acids is 1. The first kappa shape index (κ1) is 15.9. The van der Waals surface area contributed by atoms with Crippen molar-refractivity contribution in [3.05, 3.63) is 0 Å². The lowest BCUT2D eigenvalue weighted by Gasteiger charge is -2.29. The molecule has 0 aromatic rings. The van der Waals surface area contributed by atoms with E-state index in [1.807, 2.05) is 0 Å². The number of rotatable bonds is 5. The van der Waals surface area contributed by atoms with E-state index in [0.717, 1.165) is 0 Å². The van der Waals surface area contributed by atoms with Gasteiger partial charge >= 0.3 is 11.9 Å². The molecule has 0 rings (SSSR count). The van der Waals surface area contributed by atoms with Gasteiger partial charge in [0.1, 0.15) is 11.6 Å². The van der Waals surface area contributed by atoms with Crippen molar-refractivity contribution in [2.45, 2.75) is 65.1 Å². The van der Waals surface area contributed by atoms with Crippen LogP contribution in [0, 0.1) is 0 Å². The monoisotopic (exact) mass is 245 g/mol. The molecule has 0 saturated heterocycles. The first-order valence-corrected chi connectivity index (χ1v) is 5.65. The molecule has 0 saturated carbocycles. The number of hydrogen-bond acceptors (Lipinski definition) is 4. The second-order valence-electron chi connectivity index (χ2n) is 5.85. The Labute approximate surface area is 103 Å². The Kier molecular flexibility index (Phi) is 5.13. The summed E-state index contributed by atoms with van der Waals surface area (Å²) in [5, 5.41) is 11.7. The summed E-state index contributed by atoms with van der Waals surface area (Å²) in [6.45, 7) is 10.5. The molecule has 5 heteroatoms. The number of ether oxygens (including phenoxy) is 1. The van der Waals surface area contributed by atoms with Gasteiger partial charge in [-0.25, -0.2) is 0 Å². The third kappa shape index (κ3) is 7.74. The maximum absolute atomic E-state index is 11.6. The number of carbonyl (C=O) groups excluding carboxylic acids is 1. The Bertz CT molecular complexity index is 291. The maximum Gasteiger partial charge on any atom is 0.320 e. The fraction of sp³-hybridized carbons (Fsp3) is 0.833. The Morgan fingerprint density at radius 2 is 1.71 bits per heavy atom. The Morgan fingerprint density at radius 3 is 2.06 bits per heavy atom. The molecule has 0 aromatic heterocycles.